The largest absolute Gasteiger partial charge is 0.465 e. The summed E-state index contributed by atoms with van der Waals surface area (Å²) >= 11 is 3.15. The zero-order valence-electron chi connectivity index (χ0n) is 11.0. The summed E-state index contributed by atoms with van der Waals surface area (Å²) in [6.45, 7) is 0.832. The predicted molar refractivity (Wildman–Crippen MR) is 76.0 cm³/mol. The first-order valence-electron chi connectivity index (χ1n) is 6.31. The molecular formula is C14H13BrF3NO2. The molecule has 0 aliphatic carbocycles. The molecule has 2 rings (SSSR count). The van der Waals surface area contributed by atoms with E-state index >= 15 is 0 Å². The van der Waals surface area contributed by atoms with Gasteiger partial charge in [-0.25, -0.2) is 4.79 Å². The highest BCUT2D eigenvalue weighted by Gasteiger charge is 2.30. The fourth-order valence-corrected chi connectivity index (χ4v) is 2.66. The number of nitrogens with zero attached hydrogens (tertiary/aromatic N) is 1. The van der Waals surface area contributed by atoms with Crippen molar-refractivity contribution in [1.29, 1.82) is 0 Å². The fourth-order valence-electron chi connectivity index (χ4n) is 2.17. The highest BCUT2D eigenvalue weighted by Crippen LogP contribution is 2.33. The van der Waals surface area contributed by atoms with Crippen LogP contribution in [0.3, 0.4) is 0 Å². The van der Waals surface area contributed by atoms with Gasteiger partial charge in [0, 0.05) is 17.6 Å². The van der Waals surface area contributed by atoms with E-state index in [1.54, 1.807) is 0 Å². The van der Waals surface area contributed by atoms with Gasteiger partial charge in [-0.2, -0.15) is 13.2 Å². The first kappa shape index (κ1) is 15.9. The van der Waals surface area contributed by atoms with Crippen molar-refractivity contribution < 1.29 is 23.1 Å². The lowest BCUT2D eigenvalue weighted by atomic mass is 10.0. The highest BCUT2D eigenvalue weighted by atomic mass is 79.9. The molecule has 0 saturated carbocycles. The number of hydrogen-bond acceptors (Lipinski definition) is 1. The van der Waals surface area contributed by atoms with Crippen molar-refractivity contribution >= 4 is 28.1 Å². The molecule has 1 heterocycles. The molecule has 1 aromatic rings. The number of halogens is 4. The first-order valence-corrected chi connectivity index (χ1v) is 7.11. The van der Waals surface area contributed by atoms with Gasteiger partial charge in [-0.05, 0) is 30.5 Å². The number of amides is 1. The Labute approximate surface area is 128 Å². The standard InChI is InChI=1S/C14H13BrF3NO2/c15-12-8-11(14(16,17)18)2-1-10(12)7-9-3-5-19(6-4-9)13(20)21/h1-2,7-8H,3-6H2,(H,20,21). The van der Waals surface area contributed by atoms with Crippen LogP contribution in [-0.2, 0) is 6.18 Å². The number of benzene rings is 1. The predicted octanol–water partition coefficient (Wildman–Crippen LogP) is 4.63. The van der Waals surface area contributed by atoms with E-state index in [2.05, 4.69) is 15.9 Å². The van der Waals surface area contributed by atoms with Crippen molar-refractivity contribution in [3.05, 3.63) is 39.4 Å². The third kappa shape index (κ3) is 4.00. The van der Waals surface area contributed by atoms with E-state index in [-0.39, 0.29) is 0 Å². The minimum atomic E-state index is -4.36. The SMILES string of the molecule is O=C(O)N1CCC(=Cc2ccc(C(F)(F)F)cc2Br)CC1. The van der Waals surface area contributed by atoms with Gasteiger partial charge in [0.2, 0.25) is 0 Å². The number of piperidine rings is 1. The van der Waals surface area contributed by atoms with E-state index < -0.39 is 17.8 Å². The summed E-state index contributed by atoms with van der Waals surface area (Å²) in [7, 11) is 0. The molecule has 1 fully saturated rings. The van der Waals surface area contributed by atoms with E-state index in [1.807, 2.05) is 6.08 Å². The van der Waals surface area contributed by atoms with Crippen molar-refractivity contribution in [3.63, 3.8) is 0 Å². The molecule has 7 heteroatoms. The Morgan fingerprint density at radius 1 is 1.29 bits per heavy atom. The highest BCUT2D eigenvalue weighted by molar-refractivity contribution is 9.10. The van der Waals surface area contributed by atoms with Crippen LogP contribution in [-0.4, -0.2) is 29.2 Å². The molecule has 0 spiro atoms. The van der Waals surface area contributed by atoms with Crippen LogP contribution in [0.1, 0.15) is 24.0 Å². The maximum atomic E-state index is 12.6. The zero-order valence-corrected chi connectivity index (χ0v) is 12.5. The topological polar surface area (TPSA) is 40.5 Å². The van der Waals surface area contributed by atoms with Crippen molar-refractivity contribution in [2.75, 3.05) is 13.1 Å². The lowest BCUT2D eigenvalue weighted by Crippen LogP contribution is -2.35. The van der Waals surface area contributed by atoms with E-state index in [9.17, 15) is 18.0 Å². The Kier molecular flexibility index (Phi) is 4.61. The Balaban J connectivity index is 2.14. The second kappa shape index (κ2) is 6.09. The van der Waals surface area contributed by atoms with Gasteiger partial charge in [0.15, 0.2) is 0 Å². The van der Waals surface area contributed by atoms with Crippen molar-refractivity contribution in [2.24, 2.45) is 0 Å². The minimum absolute atomic E-state index is 0.380. The van der Waals surface area contributed by atoms with Gasteiger partial charge in [-0.3, -0.25) is 0 Å². The Bertz CT molecular complexity index is 574. The molecule has 0 unspecified atom stereocenters. The van der Waals surface area contributed by atoms with E-state index in [0.29, 0.717) is 36.0 Å². The number of likely N-dealkylation sites (tertiary alicyclic amines) is 1. The molecule has 1 aliphatic rings. The molecule has 21 heavy (non-hydrogen) atoms. The van der Waals surface area contributed by atoms with Gasteiger partial charge in [0.1, 0.15) is 0 Å². The summed E-state index contributed by atoms with van der Waals surface area (Å²) < 4.78 is 38.1. The van der Waals surface area contributed by atoms with Crippen LogP contribution in [0.2, 0.25) is 0 Å². The van der Waals surface area contributed by atoms with Gasteiger partial charge >= 0.3 is 12.3 Å². The molecule has 1 aromatic carbocycles. The fraction of sp³-hybridized carbons (Fsp3) is 0.357. The lowest BCUT2D eigenvalue weighted by Gasteiger charge is -2.25. The third-order valence-electron chi connectivity index (χ3n) is 3.36. The normalized spacial score (nSPS) is 16.0. The van der Waals surface area contributed by atoms with Crippen LogP contribution in [0.4, 0.5) is 18.0 Å². The molecular weight excluding hydrogens is 351 g/mol. The van der Waals surface area contributed by atoms with Crippen LogP contribution >= 0.6 is 15.9 Å². The summed E-state index contributed by atoms with van der Waals surface area (Å²) in [5, 5.41) is 8.86. The average Bonchev–Trinajstić information content (AvgIpc) is 2.40. The minimum Gasteiger partial charge on any atom is -0.465 e. The summed E-state index contributed by atoms with van der Waals surface area (Å²) in [5.74, 6) is 0. The van der Waals surface area contributed by atoms with Crippen LogP contribution in [0.25, 0.3) is 6.08 Å². The Morgan fingerprint density at radius 3 is 2.38 bits per heavy atom. The number of hydrogen-bond donors (Lipinski definition) is 1. The number of rotatable bonds is 1. The summed E-state index contributed by atoms with van der Waals surface area (Å²) in [6, 6.07) is 3.52. The van der Waals surface area contributed by atoms with Crippen molar-refractivity contribution in [3.8, 4) is 0 Å². The molecule has 1 amide bonds. The quantitative estimate of drug-likeness (QED) is 0.790. The molecule has 0 aromatic heterocycles. The Hall–Kier alpha value is -1.50. The maximum absolute atomic E-state index is 12.6. The van der Waals surface area contributed by atoms with Crippen LogP contribution in [0, 0.1) is 0 Å². The molecule has 0 radical (unpaired) electrons. The summed E-state index contributed by atoms with van der Waals surface area (Å²) in [6.07, 6.45) is -2.28. The zero-order chi connectivity index (χ0) is 15.6. The van der Waals surface area contributed by atoms with Gasteiger partial charge in [-0.15, -0.1) is 0 Å². The van der Waals surface area contributed by atoms with E-state index in [4.69, 9.17) is 5.11 Å². The first-order chi connectivity index (χ1) is 9.77. The van der Waals surface area contributed by atoms with Crippen molar-refractivity contribution in [1.82, 2.24) is 4.90 Å². The maximum Gasteiger partial charge on any atom is 0.416 e. The molecule has 3 nitrogen and oxygen atoms in total. The van der Waals surface area contributed by atoms with Gasteiger partial charge < -0.3 is 10.0 Å². The Morgan fingerprint density at radius 2 is 1.90 bits per heavy atom. The molecule has 0 bridgehead atoms. The molecule has 1 saturated heterocycles. The van der Waals surface area contributed by atoms with Gasteiger partial charge in [-0.1, -0.05) is 33.6 Å². The van der Waals surface area contributed by atoms with Gasteiger partial charge in [0.05, 0.1) is 5.56 Å². The van der Waals surface area contributed by atoms with Crippen molar-refractivity contribution in [2.45, 2.75) is 19.0 Å². The average molecular weight is 364 g/mol. The van der Waals surface area contributed by atoms with Gasteiger partial charge in [0.25, 0.3) is 0 Å². The second-order valence-electron chi connectivity index (χ2n) is 4.81. The number of carboxylic acid groups (broad SMARTS) is 1. The monoisotopic (exact) mass is 363 g/mol. The molecule has 114 valence electrons. The number of carbonyl (C=O) groups is 1. The third-order valence-corrected chi connectivity index (χ3v) is 4.05. The second-order valence-corrected chi connectivity index (χ2v) is 5.66. The summed E-state index contributed by atoms with van der Waals surface area (Å²) in [4.78, 5) is 12.1. The lowest BCUT2D eigenvalue weighted by molar-refractivity contribution is -0.137. The smallest absolute Gasteiger partial charge is 0.416 e. The van der Waals surface area contributed by atoms with E-state index in [0.717, 1.165) is 17.7 Å². The van der Waals surface area contributed by atoms with Crippen LogP contribution < -0.4 is 0 Å². The molecule has 1 N–H and O–H groups in total. The molecule has 0 atom stereocenters. The van der Waals surface area contributed by atoms with E-state index in [1.165, 1.54) is 11.0 Å². The summed E-state index contributed by atoms with van der Waals surface area (Å²) in [5.41, 5.74) is 1.01. The van der Waals surface area contributed by atoms with Crippen LogP contribution in [0.5, 0.6) is 0 Å². The number of alkyl halides is 3. The molecule has 1 aliphatic heterocycles. The van der Waals surface area contributed by atoms with Crippen LogP contribution in [0.15, 0.2) is 28.2 Å².